The number of nitrogens with one attached hydrogen (secondary N) is 1. The van der Waals surface area contributed by atoms with Gasteiger partial charge in [-0.3, -0.25) is 0 Å². The minimum absolute atomic E-state index is 0.370. The fourth-order valence-electron chi connectivity index (χ4n) is 2.22. The number of aliphatic hydroxyl groups is 1. The Labute approximate surface area is 112 Å². The summed E-state index contributed by atoms with van der Waals surface area (Å²) in [5.74, 6) is 1.53. The summed E-state index contributed by atoms with van der Waals surface area (Å²) in [7, 11) is 0. The topological polar surface area (TPSA) is 41.5 Å². The SMILES string of the molecule is CC(C)CCCOCC(O)CNCC1CC1(C)C. The van der Waals surface area contributed by atoms with Crippen molar-refractivity contribution in [2.75, 3.05) is 26.3 Å². The largest absolute Gasteiger partial charge is 0.389 e. The molecule has 0 heterocycles. The van der Waals surface area contributed by atoms with Crippen LogP contribution < -0.4 is 5.32 Å². The monoisotopic (exact) mass is 257 g/mol. The lowest BCUT2D eigenvalue weighted by Gasteiger charge is -2.13. The molecule has 2 unspecified atom stereocenters. The van der Waals surface area contributed by atoms with Crippen LogP contribution in [0, 0.1) is 17.3 Å². The molecule has 1 aliphatic rings. The van der Waals surface area contributed by atoms with E-state index in [0.29, 0.717) is 18.6 Å². The summed E-state index contributed by atoms with van der Waals surface area (Å²) in [4.78, 5) is 0. The van der Waals surface area contributed by atoms with Gasteiger partial charge in [-0.05, 0) is 43.1 Å². The molecular formula is C15H31NO2. The second-order valence-corrected chi connectivity index (χ2v) is 6.81. The summed E-state index contributed by atoms with van der Waals surface area (Å²) in [6.07, 6.45) is 3.23. The van der Waals surface area contributed by atoms with Gasteiger partial charge in [0.2, 0.25) is 0 Å². The van der Waals surface area contributed by atoms with Crippen LogP contribution in [0.4, 0.5) is 0 Å². The summed E-state index contributed by atoms with van der Waals surface area (Å²) in [5, 5.41) is 13.1. The van der Waals surface area contributed by atoms with Crippen molar-refractivity contribution in [2.45, 2.75) is 53.1 Å². The maximum atomic E-state index is 9.73. The Kier molecular flexibility index (Phi) is 6.61. The van der Waals surface area contributed by atoms with Crippen LogP contribution in [0.25, 0.3) is 0 Å². The minimum atomic E-state index is -0.370. The van der Waals surface area contributed by atoms with Gasteiger partial charge in [0.05, 0.1) is 12.7 Å². The van der Waals surface area contributed by atoms with E-state index in [2.05, 4.69) is 33.0 Å². The molecule has 2 N–H and O–H groups in total. The Morgan fingerprint density at radius 3 is 2.61 bits per heavy atom. The lowest BCUT2D eigenvalue weighted by Crippen LogP contribution is -2.32. The highest BCUT2D eigenvalue weighted by molar-refractivity contribution is 4.96. The van der Waals surface area contributed by atoms with Crippen molar-refractivity contribution >= 4 is 0 Å². The van der Waals surface area contributed by atoms with Crippen LogP contribution >= 0.6 is 0 Å². The zero-order chi connectivity index (χ0) is 13.6. The van der Waals surface area contributed by atoms with Crippen molar-refractivity contribution in [3.05, 3.63) is 0 Å². The number of ether oxygens (including phenoxy) is 1. The fraction of sp³-hybridized carbons (Fsp3) is 1.00. The molecule has 0 bridgehead atoms. The van der Waals surface area contributed by atoms with Crippen LogP contribution in [0.2, 0.25) is 0 Å². The summed E-state index contributed by atoms with van der Waals surface area (Å²) < 4.78 is 5.47. The van der Waals surface area contributed by atoms with E-state index in [9.17, 15) is 5.11 Å². The highest BCUT2D eigenvalue weighted by Gasteiger charge is 2.44. The molecular weight excluding hydrogens is 226 g/mol. The van der Waals surface area contributed by atoms with E-state index in [1.807, 2.05) is 0 Å². The van der Waals surface area contributed by atoms with Crippen LogP contribution in [-0.2, 0) is 4.74 Å². The van der Waals surface area contributed by atoms with Crippen molar-refractivity contribution < 1.29 is 9.84 Å². The first-order valence-corrected chi connectivity index (χ1v) is 7.38. The molecule has 0 amide bonds. The number of aliphatic hydroxyl groups excluding tert-OH is 1. The average molecular weight is 257 g/mol. The van der Waals surface area contributed by atoms with Crippen LogP contribution in [0.1, 0.15) is 47.0 Å². The maximum Gasteiger partial charge on any atom is 0.0897 e. The zero-order valence-electron chi connectivity index (χ0n) is 12.5. The van der Waals surface area contributed by atoms with Gasteiger partial charge < -0.3 is 15.2 Å². The van der Waals surface area contributed by atoms with Crippen LogP contribution in [0.5, 0.6) is 0 Å². The van der Waals surface area contributed by atoms with Crippen LogP contribution in [0.3, 0.4) is 0 Å². The Balaban J connectivity index is 1.87. The summed E-state index contributed by atoms with van der Waals surface area (Å²) in [6.45, 7) is 11.9. The van der Waals surface area contributed by atoms with Gasteiger partial charge in [-0.15, -0.1) is 0 Å². The van der Waals surface area contributed by atoms with Crippen LogP contribution in [0.15, 0.2) is 0 Å². The predicted molar refractivity (Wildman–Crippen MR) is 75.7 cm³/mol. The number of rotatable bonds is 10. The predicted octanol–water partition coefficient (Wildman–Crippen LogP) is 2.44. The van der Waals surface area contributed by atoms with Gasteiger partial charge in [-0.2, -0.15) is 0 Å². The third-order valence-electron chi connectivity index (χ3n) is 3.87. The van der Waals surface area contributed by atoms with Crippen molar-refractivity contribution in [1.82, 2.24) is 5.32 Å². The first kappa shape index (κ1) is 15.9. The molecule has 1 saturated carbocycles. The van der Waals surface area contributed by atoms with E-state index in [-0.39, 0.29) is 6.10 Å². The smallest absolute Gasteiger partial charge is 0.0897 e. The molecule has 1 fully saturated rings. The van der Waals surface area contributed by atoms with Gasteiger partial charge in [0.25, 0.3) is 0 Å². The van der Waals surface area contributed by atoms with Gasteiger partial charge in [-0.1, -0.05) is 27.7 Å². The van der Waals surface area contributed by atoms with E-state index in [4.69, 9.17) is 4.74 Å². The molecule has 3 heteroatoms. The molecule has 1 aliphatic carbocycles. The normalized spacial score (nSPS) is 23.3. The molecule has 0 aromatic heterocycles. The Hall–Kier alpha value is -0.120. The Bertz CT molecular complexity index is 229. The molecule has 108 valence electrons. The fourth-order valence-corrected chi connectivity index (χ4v) is 2.22. The highest BCUT2D eigenvalue weighted by atomic mass is 16.5. The second kappa shape index (κ2) is 7.46. The summed E-state index contributed by atoms with van der Waals surface area (Å²) in [6, 6.07) is 0. The molecule has 0 aliphatic heterocycles. The Morgan fingerprint density at radius 2 is 2.06 bits per heavy atom. The molecule has 0 saturated heterocycles. The molecule has 18 heavy (non-hydrogen) atoms. The van der Waals surface area contributed by atoms with Crippen molar-refractivity contribution in [2.24, 2.45) is 17.3 Å². The molecule has 0 spiro atoms. The van der Waals surface area contributed by atoms with E-state index in [1.165, 1.54) is 12.8 Å². The standard InChI is InChI=1S/C15H31NO2/c1-12(2)6-5-7-18-11-14(17)10-16-9-13-8-15(13,3)4/h12-14,16-17H,5-11H2,1-4H3. The molecule has 2 atom stereocenters. The van der Waals surface area contributed by atoms with Gasteiger partial charge in [0, 0.05) is 13.2 Å². The van der Waals surface area contributed by atoms with E-state index < -0.39 is 0 Å². The molecule has 3 nitrogen and oxygen atoms in total. The maximum absolute atomic E-state index is 9.73. The summed E-state index contributed by atoms with van der Waals surface area (Å²) >= 11 is 0. The van der Waals surface area contributed by atoms with Gasteiger partial charge in [0.1, 0.15) is 0 Å². The quantitative estimate of drug-likeness (QED) is 0.591. The number of hydrogen-bond donors (Lipinski definition) is 2. The Morgan fingerprint density at radius 1 is 1.39 bits per heavy atom. The summed E-state index contributed by atoms with van der Waals surface area (Å²) in [5.41, 5.74) is 0.519. The first-order chi connectivity index (χ1) is 8.42. The molecule has 0 radical (unpaired) electrons. The third-order valence-corrected chi connectivity index (χ3v) is 3.87. The van der Waals surface area contributed by atoms with E-state index >= 15 is 0 Å². The third kappa shape index (κ3) is 6.72. The molecule has 1 rings (SSSR count). The van der Waals surface area contributed by atoms with Crippen LogP contribution in [-0.4, -0.2) is 37.5 Å². The first-order valence-electron chi connectivity index (χ1n) is 7.38. The zero-order valence-corrected chi connectivity index (χ0v) is 12.5. The van der Waals surface area contributed by atoms with Gasteiger partial charge >= 0.3 is 0 Å². The van der Waals surface area contributed by atoms with Crippen molar-refractivity contribution in [3.63, 3.8) is 0 Å². The molecule has 0 aromatic rings. The average Bonchev–Trinajstić information content (AvgIpc) is 2.85. The number of hydrogen-bond acceptors (Lipinski definition) is 3. The van der Waals surface area contributed by atoms with Gasteiger partial charge in [-0.25, -0.2) is 0 Å². The van der Waals surface area contributed by atoms with Crippen molar-refractivity contribution in [3.8, 4) is 0 Å². The minimum Gasteiger partial charge on any atom is -0.389 e. The lowest BCUT2D eigenvalue weighted by atomic mass is 10.1. The highest BCUT2D eigenvalue weighted by Crippen LogP contribution is 2.50. The molecule has 0 aromatic carbocycles. The van der Waals surface area contributed by atoms with E-state index in [1.54, 1.807) is 0 Å². The van der Waals surface area contributed by atoms with Gasteiger partial charge in [0.15, 0.2) is 0 Å². The van der Waals surface area contributed by atoms with Crippen molar-refractivity contribution in [1.29, 1.82) is 0 Å². The second-order valence-electron chi connectivity index (χ2n) is 6.81. The lowest BCUT2D eigenvalue weighted by molar-refractivity contribution is 0.0346. The van der Waals surface area contributed by atoms with E-state index in [0.717, 1.165) is 31.4 Å².